The summed E-state index contributed by atoms with van der Waals surface area (Å²) in [6.45, 7) is 0.637. The summed E-state index contributed by atoms with van der Waals surface area (Å²) >= 11 is 0. The number of sulfonamides is 1. The molecule has 1 heterocycles. The van der Waals surface area contributed by atoms with Crippen LogP contribution in [0.25, 0.3) is 6.08 Å². The number of methoxy groups -OCH3 is 1. The second-order valence-electron chi connectivity index (χ2n) is 5.33. The Morgan fingerprint density at radius 3 is 2.62 bits per heavy atom. The number of hydrogen-bond acceptors (Lipinski definition) is 7. The zero-order chi connectivity index (χ0) is 19.2. The van der Waals surface area contributed by atoms with Gasteiger partial charge in [0.15, 0.2) is 6.61 Å². The Labute approximate surface area is 151 Å². The maximum atomic E-state index is 12.9. The minimum absolute atomic E-state index is 0.00504. The van der Waals surface area contributed by atoms with Gasteiger partial charge in [0.25, 0.3) is 5.91 Å². The lowest BCUT2D eigenvalue weighted by Gasteiger charge is -2.26. The molecule has 1 saturated heterocycles. The molecule has 142 valence electrons. The first-order valence-electron chi connectivity index (χ1n) is 7.73. The number of benzene rings is 1. The van der Waals surface area contributed by atoms with E-state index in [0.717, 1.165) is 6.08 Å². The molecule has 0 radical (unpaired) electrons. The number of nitrogens with two attached hydrogens (primary N) is 1. The molecule has 1 aromatic carbocycles. The maximum absolute atomic E-state index is 12.9. The molecule has 0 spiro atoms. The Balaban J connectivity index is 2.25. The van der Waals surface area contributed by atoms with Crippen molar-refractivity contribution in [3.8, 4) is 5.75 Å². The standard InChI is InChI=1S/C16H20N2O7S/c1-23-13-4-2-12(3-5-16(20)25-11-15(17)19)10-14(13)26(21,22)18-6-8-24-9-7-18/h2-5,10H,6-9,11H2,1H3,(H2,17,19). The first-order valence-corrected chi connectivity index (χ1v) is 9.17. The van der Waals surface area contributed by atoms with Crippen LogP contribution in [0.15, 0.2) is 29.2 Å². The van der Waals surface area contributed by atoms with Gasteiger partial charge in [-0.2, -0.15) is 4.31 Å². The van der Waals surface area contributed by atoms with Gasteiger partial charge in [-0.25, -0.2) is 13.2 Å². The fraction of sp³-hybridized carbons (Fsp3) is 0.375. The van der Waals surface area contributed by atoms with Gasteiger partial charge in [-0.3, -0.25) is 4.79 Å². The van der Waals surface area contributed by atoms with E-state index in [9.17, 15) is 18.0 Å². The summed E-state index contributed by atoms with van der Waals surface area (Å²) in [5.74, 6) is -1.34. The highest BCUT2D eigenvalue weighted by atomic mass is 32.2. The molecule has 9 nitrogen and oxygen atoms in total. The predicted octanol–water partition coefficient (Wildman–Crippen LogP) is -0.242. The lowest BCUT2D eigenvalue weighted by atomic mass is 10.2. The van der Waals surface area contributed by atoms with Crippen molar-refractivity contribution < 1.29 is 32.2 Å². The molecule has 1 aliphatic heterocycles. The maximum Gasteiger partial charge on any atom is 0.331 e. The Bertz CT molecular complexity index is 799. The van der Waals surface area contributed by atoms with Gasteiger partial charge in [-0.1, -0.05) is 6.07 Å². The molecule has 26 heavy (non-hydrogen) atoms. The number of carbonyl (C=O) groups is 2. The minimum atomic E-state index is -3.77. The van der Waals surface area contributed by atoms with E-state index < -0.39 is 28.5 Å². The lowest BCUT2D eigenvalue weighted by molar-refractivity contribution is -0.142. The number of nitrogens with zero attached hydrogens (tertiary/aromatic N) is 1. The van der Waals surface area contributed by atoms with Crippen LogP contribution in [0, 0.1) is 0 Å². The third-order valence-corrected chi connectivity index (χ3v) is 5.46. The van der Waals surface area contributed by atoms with E-state index in [4.69, 9.17) is 15.2 Å². The number of primary amides is 1. The van der Waals surface area contributed by atoms with Crippen LogP contribution >= 0.6 is 0 Å². The smallest absolute Gasteiger partial charge is 0.331 e. The van der Waals surface area contributed by atoms with E-state index in [1.807, 2.05) is 0 Å². The molecule has 1 fully saturated rings. The van der Waals surface area contributed by atoms with Gasteiger partial charge in [0, 0.05) is 19.2 Å². The zero-order valence-corrected chi connectivity index (χ0v) is 15.0. The highest BCUT2D eigenvalue weighted by Gasteiger charge is 2.29. The zero-order valence-electron chi connectivity index (χ0n) is 14.2. The number of hydrogen-bond donors (Lipinski definition) is 1. The van der Waals surface area contributed by atoms with Crippen molar-refractivity contribution in [1.29, 1.82) is 0 Å². The Morgan fingerprint density at radius 2 is 2.00 bits per heavy atom. The summed E-state index contributed by atoms with van der Waals surface area (Å²) in [6, 6.07) is 4.50. The molecule has 2 N–H and O–H groups in total. The highest BCUT2D eigenvalue weighted by Crippen LogP contribution is 2.28. The van der Waals surface area contributed by atoms with E-state index >= 15 is 0 Å². The summed E-state index contributed by atoms with van der Waals surface area (Å²) < 4.78 is 42.0. The van der Waals surface area contributed by atoms with E-state index in [2.05, 4.69) is 4.74 Å². The minimum Gasteiger partial charge on any atom is -0.495 e. The third kappa shape index (κ3) is 5.04. The van der Waals surface area contributed by atoms with Crippen molar-refractivity contribution in [3.05, 3.63) is 29.8 Å². The molecule has 1 aliphatic rings. The fourth-order valence-corrected chi connectivity index (χ4v) is 3.88. The summed E-state index contributed by atoms with van der Waals surface area (Å²) in [7, 11) is -2.39. The molecule has 0 unspecified atom stereocenters. The van der Waals surface area contributed by atoms with Crippen LogP contribution in [0.4, 0.5) is 0 Å². The highest BCUT2D eigenvalue weighted by molar-refractivity contribution is 7.89. The van der Waals surface area contributed by atoms with Gasteiger partial charge in [0.2, 0.25) is 10.0 Å². The second-order valence-corrected chi connectivity index (χ2v) is 7.24. The molecule has 0 bridgehead atoms. The topological polar surface area (TPSA) is 125 Å². The molecule has 0 aliphatic carbocycles. The number of morpholine rings is 1. The van der Waals surface area contributed by atoms with Gasteiger partial charge in [-0.15, -0.1) is 0 Å². The van der Waals surface area contributed by atoms with Gasteiger partial charge in [0.1, 0.15) is 10.6 Å². The normalized spacial score (nSPS) is 15.7. The van der Waals surface area contributed by atoms with Crippen LogP contribution in [0.5, 0.6) is 5.75 Å². The molecule has 0 atom stereocenters. The SMILES string of the molecule is COc1ccc(C=CC(=O)OCC(N)=O)cc1S(=O)(=O)N1CCOCC1. The first-order chi connectivity index (χ1) is 12.3. The average molecular weight is 384 g/mol. The van der Waals surface area contributed by atoms with E-state index in [0.29, 0.717) is 18.8 Å². The van der Waals surface area contributed by atoms with Crippen molar-refractivity contribution in [2.45, 2.75) is 4.90 Å². The van der Waals surface area contributed by atoms with Crippen LogP contribution < -0.4 is 10.5 Å². The molecule has 10 heteroatoms. The largest absolute Gasteiger partial charge is 0.495 e. The van der Waals surface area contributed by atoms with Gasteiger partial charge in [0.05, 0.1) is 20.3 Å². The van der Waals surface area contributed by atoms with E-state index in [-0.39, 0.29) is 23.7 Å². The number of amides is 1. The van der Waals surface area contributed by atoms with Gasteiger partial charge in [-0.05, 0) is 23.8 Å². The van der Waals surface area contributed by atoms with Crippen LogP contribution in [0.2, 0.25) is 0 Å². The second kappa shape index (κ2) is 8.79. The number of esters is 1. The van der Waals surface area contributed by atoms with Gasteiger partial charge < -0.3 is 19.9 Å². The molecule has 1 amide bonds. The summed E-state index contributed by atoms with van der Waals surface area (Å²) in [5, 5.41) is 0. The van der Waals surface area contributed by atoms with Crippen molar-refractivity contribution in [3.63, 3.8) is 0 Å². The molecule has 2 rings (SSSR count). The summed E-state index contributed by atoms with van der Waals surface area (Å²) in [6.07, 6.45) is 2.46. The van der Waals surface area contributed by atoms with Crippen molar-refractivity contribution in [1.82, 2.24) is 4.31 Å². The first kappa shape index (κ1) is 19.9. The molecular weight excluding hydrogens is 364 g/mol. The number of rotatable bonds is 7. The fourth-order valence-electron chi connectivity index (χ4n) is 2.28. The molecule has 1 aromatic rings. The predicted molar refractivity (Wildman–Crippen MR) is 91.8 cm³/mol. The summed E-state index contributed by atoms with van der Waals surface area (Å²) in [5.41, 5.74) is 5.34. The Morgan fingerprint density at radius 1 is 1.31 bits per heavy atom. The Hall–Kier alpha value is -2.43. The third-order valence-electron chi connectivity index (χ3n) is 3.54. The van der Waals surface area contributed by atoms with Crippen molar-refractivity contribution in [2.24, 2.45) is 5.73 Å². The van der Waals surface area contributed by atoms with E-state index in [1.165, 1.54) is 29.6 Å². The van der Waals surface area contributed by atoms with Crippen LogP contribution in [-0.4, -0.2) is 64.6 Å². The molecule has 0 saturated carbocycles. The quantitative estimate of drug-likeness (QED) is 0.508. The number of ether oxygens (including phenoxy) is 3. The summed E-state index contributed by atoms with van der Waals surface area (Å²) in [4.78, 5) is 22.1. The monoisotopic (exact) mass is 384 g/mol. The van der Waals surface area contributed by atoms with Crippen LogP contribution in [-0.2, 0) is 29.1 Å². The molecular formula is C16H20N2O7S. The molecule has 0 aromatic heterocycles. The van der Waals surface area contributed by atoms with Crippen molar-refractivity contribution in [2.75, 3.05) is 40.0 Å². The van der Waals surface area contributed by atoms with Gasteiger partial charge >= 0.3 is 5.97 Å². The van der Waals surface area contributed by atoms with E-state index in [1.54, 1.807) is 6.07 Å². The number of carbonyl (C=O) groups excluding carboxylic acids is 2. The lowest BCUT2D eigenvalue weighted by Crippen LogP contribution is -2.40. The average Bonchev–Trinajstić information content (AvgIpc) is 2.65. The Kier molecular flexibility index (Phi) is 6.72. The van der Waals surface area contributed by atoms with Crippen LogP contribution in [0.3, 0.4) is 0 Å². The van der Waals surface area contributed by atoms with Crippen LogP contribution in [0.1, 0.15) is 5.56 Å². The van der Waals surface area contributed by atoms with Crippen molar-refractivity contribution >= 4 is 28.0 Å².